The van der Waals surface area contributed by atoms with E-state index in [4.69, 9.17) is 18.9 Å². The molecular formula is C30H46O9. The van der Waals surface area contributed by atoms with Crippen molar-refractivity contribution < 1.29 is 43.5 Å². The van der Waals surface area contributed by atoms with E-state index in [1.807, 2.05) is 6.92 Å². The number of carbonyl (C=O) groups is 3. The van der Waals surface area contributed by atoms with Crippen LogP contribution in [0.15, 0.2) is 35.5 Å². The summed E-state index contributed by atoms with van der Waals surface area (Å²) in [5, 5.41) is 22.9. The molecule has 2 rings (SSSR count). The van der Waals surface area contributed by atoms with Crippen molar-refractivity contribution in [3.05, 3.63) is 35.5 Å². The fraction of sp³-hybridized carbons (Fsp3) is 0.700. The molecular weight excluding hydrogens is 504 g/mol. The van der Waals surface area contributed by atoms with Crippen LogP contribution >= 0.6 is 0 Å². The number of fused-ring (bicyclic) bond motifs is 1. The molecule has 0 radical (unpaired) electrons. The zero-order chi connectivity index (χ0) is 29.9. The number of hydrogen-bond donors (Lipinski definition) is 2. The first-order chi connectivity index (χ1) is 18.0. The van der Waals surface area contributed by atoms with E-state index in [1.54, 1.807) is 60.6 Å². The van der Waals surface area contributed by atoms with Crippen LogP contribution in [0.5, 0.6) is 0 Å². The summed E-state index contributed by atoms with van der Waals surface area (Å²) in [6.45, 7) is 19.2. The fourth-order valence-corrected chi connectivity index (χ4v) is 4.66. The molecule has 1 saturated carbocycles. The first kappa shape index (κ1) is 32.7. The van der Waals surface area contributed by atoms with Crippen LogP contribution in [-0.2, 0) is 33.3 Å². The molecule has 1 aliphatic heterocycles. The van der Waals surface area contributed by atoms with Crippen molar-refractivity contribution in [3.63, 3.8) is 0 Å². The quantitative estimate of drug-likeness (QED) is 0.152. The van der Waals surface area contributed by atoms with Gasteiger partial charge in [0.05, 0.1) is 18.1 Å². The summed E-state index contributed by atoms with van der Waals surface area (Å²) in [6.07, 6.45) is -1.64. The van der Waals surface area contributed by atoms with E-state index in [1.165, 1.54) is 6.92 Å². The van der Waals surface area contributed by atoms with Gasteiger partial charge in [0.15, 0.2) is 6.10 Å². The second-order valence-corrected chi connectivity index (χ2v) is 11.3. The van der Waals surface area contributed by atoms with Crippen LogP contribution in [-0.4, -0.2) is 69.8 Å². The summed E-state index contributed by atoms with van der Waals surface area (Å²) in [4.78, 5) is 38.7. The summed E-state index contributed by atoms with van der Waals surface area (Å²) < 4.78 is 23.8. The number of allylic oxidation sites excluding steroid dienone is 2. The minimum atomic E-state index is -1.87. The predicted molar refractivity (Wildman–Crippen MR) is 145 cm³/mol. The number of aliphatic hydroxyl groups is 2. The lowest BCUT2D eigenvalue weighted by molar-refractivity contribution is -0.189. The lowest BCUT2D eigenvalue weighted by Gasteiger charge is -2.42. The minimum absolute atomic E-state index is 0.0176. The topological polar surface area (TPSA) is 132 Å². The van der Waals surface area contributed by atoms with E-state index < -0.39 is 71.5 Å². The lowest BCUT2D eigenvalue weighted by atomic mass is 9.75. The largest absolute Gasteiger partial charge is 0.457 e. The van der Waals surface area contributed by atoms with Gasteiger partial charge >= 0.3 is 17.9 Å². The Hall–Kier alpha value is -2.49. The molecule has 1 heterocycles. The Labute approximate surface area is 232 Å². The number of carbonyl (C=O) groups excluding carboxylic acids is 3. The number of esters is 3. The molecule has 9 heteroatoms. The van der Waals surface area contributed by atoms with Gasteiger partial charge in [0.1, 0.15) is 23.4 Å². The van der Waals surface area contributed by atoms with Gasteiger partial charge in [-0.2, -0.15) is 0 Å². The smallest absolute Gasteiger partial charge is 0.333 e. The van der Waals surface area contributed by atoms with Gasteiger partial charge < -0.3 is 29.2 Å². The van der Waals surface area contributed by atoms with Gasteiger partial charge in [-0.1, -0.05) is 38.2 Å². The van der Waals surface area contributed by atoms with E-state index in [-0.39, 0.29) is 12.8 Å². The summed E-state index contributed by atoms with van der Waals surface area (Å²) in [5.41, 5.74) is -1.74. The number of hydrogen-bond acceptors (Lipinski definition) is 9. The fourth-order valence-electron chi connectivity index (χ4n) is 4.66. The van der Waals surface area contributed by atoms with Crippen LogP contribution < -0.4 is 0 Å². The van der Waals surface area contributed by atoms with Gasteiger partial charge in [0.25, 0.3) is 0 Å². The van der Waals surface area contributed by atoms with Crippen LogP contribution in [0.2, 0.25) is 0 Å². The van der Waals surface area contributed by atoms with E-state index in [0.29, 0.717) is 23.1 Å². The highest BCUT2D eigenvalue weighted by Crippen LogP contribution is 2.50. The van der Waals surface area contributed by atoms with Crippen molar-refractivity contribution in [2.45, 2.75) is 123 Å². The number of ether oxygens (including phenoxy) is 4. The Morgan fingerprint density at radius 3 is 2.05 bits per heavy atom. The molecule has 9 nitrogen and oxygen atoms in total. The monoisotopic (exact) mass is 550 g/mol. The molecule has 0 unspecified atom stereocenters. The summed E-state index contributed by atoms with van der Waals surface area (Å²) in [6, 6.07) is 0. The van der Waals surface area contributed by atoms with Gasteiger partial charge in [-0.3, -0.25) is 4.79 Å². The lowest BCUT2D eigenvalue weighted by Crippen LogP contribution is -2.57. The molecule has 220 valence electrons. The Bertz CT molecular complexity index is 1010. The van der Waals surface area contributed by atoms with E-state index in [2.05, 4.69) is 6.58 Å². The van der Waals surface area contributed by atoms with Crippen LogP contribution in [0.4, 0.5) is 0 Å². The first-order valence-corrected chi connectivity index (χ1v) is 13.7. The number of aliphatic hydroxyl groups excluding tert-OH is 1. The number of epoxide rings is 1. The van der Waals surface area contributed by atoms with E-state index in [9.17, 15) is 24.6 Å². The SMILES string of the molecule is C=C(C)[C@H]1C[C@@H](O)[C@](C)(O)[C@@H](OC(=O)/C(C)=C\C)C[C@@H]2O[C@]2(C)[C@@H](OC(=O)/C(C)=C\C)[C@@H]1OC(=O)[C@H](C)CC. The Morgan fingerprint density at radius 2 is 1.56 bits per heavy atom. The zero-order valence-electron chi connectivity index (χ0n) is 24.8. The van der Waals surface area contributed by atoms with Crippen LogP contribution in [0, 0.1) is 11.8 Å². The van der Waals surface area contributed by atoms with Gasteiger partial charge in [-0.25, -0.2) is 9.59 Å². The van der Waals surface area contributed by atoms with Crippen LogP contribution in [0.25, 0.3) is 0 Å². The first-order valence-electron chi connectivity index (χ1n) is 13.7. The molecule has 2 fully saturated rings. The standard InChI is InChI=1S/C30H46O9/c1-11-17(6)26(32)36-22-15-23-30(10,39-23)25(38-28(34)19(8)13-3)24(37-27(33)18(7)12-2)20(16(4)5)14-21(31)29(22,9)35/h11,13,18,20-25,31,35H,4,12,14-15H2,1-3,5-10H3/b17-11-,19-13-/t18-,20-,21-,22+,23+,24-,25+,29+,30+/m1/s1. The normalized spacial score (nSPS) is 36.2. The molecule has 2 aliphatic rings. The van der Waals surface area contributed by atoms with Crippen LogP contribution in [0.3, 0.4) is 0 Å². The van der Waals surface area contributed by atoms with Crippen molar-refractivity contribution in [2.24, 2.45) is 11.8 Å². The molecule has 0 aromatic heterocycles. The third-order valence-corrected chi connectivity index (χ3v) is 8.36. The summed E-state index contributed by atoms with van der Waals surface area (Å²) in [7, 11) is 0. The molecule has 0 amide bonds. The second-order valence-electron chi connectivity index (χ2n) is 11.3. The maximum absolute atomic E-state index is 13.1. The minimum Gasteiger partial charge on any atom is -0.457 e. The summed E-state index contributed by atoms with van der Waals surface area (Å²) >= 11 is 0. The highest BCUT2D eigenvalue weighted by molar-refractivity contribution is 5.88. The van der Waals surface area contributed by atoms with Gasteiger partial charge in [-0.15, -0.1) is 0 Å². The average molecular weight is 551 g/mol. The Morgan fingerprint density at radius 1 is 1.03 bits per heavy atom. The molecule has 2 N–H and O–H groups in total. The third kappa shape index (κ3) is 7.18. The molecule has 0 aromatic rings. The highest BCUT2D eigenvalue weighted by Gasteiger charge is 2.66. The van der Waals surface area contributed by atoms with Crippen molar-refractivity contribution in [1.82, 2.24) is 0 Å². The summed E-state index contributed by atoms with van der Waals surface area (Å²) in [5.74, 6) is -2.85. The Kier molecular flexibility index (Phi) is 10.7. The van der Waals surface area contributed by atoms with Crippen molar-refractivity contribution in [3.8, 4) is 0 Å². The van der Waals surface area contributed by atoms with Gasteiger partial charge in [-0.05, 0) is 61.3 Å². The average Bonchev–Trinajstić information content (AvgIpc) is 3.55. The Balaban J connectivity index is 2.65. The van der Waals surface area contributed by atoms with Crippen LogP contribution in [0.1, 0.15) is 81.6 Å². The van der Waals surface area contributed by atoms with E-state index in [0.717, 1.165) is 0 Å². The van der Waals surface area contributed by atoms with Gasteiger partial charge in [0.2, 0.25) is 0 Å². The van der Waals surface area contributed by atoms with Crippen molar-refractivity contribution in [2.75, 3.05) is 0 Å². The maximum atomic E-state index is 13.1. The third-order valence-electron chi connectivity index (χ3n) is 8.36. The number of rotatable bonds is 8. The molecule has 0 spiro atoms. The maximum Gasteiger partial charge on any atom is 0.333 e. The highest BCUT2D eigenvalue weighted by atomic mass is 16.7. The zero-order valence-corrected chi connectivity index (χ0v) is 24.8. The molecule has 9 atom stereocenters. The van der Waals surface area contributed by atoms with Crippen molar-refractivity contribution >= 4 is 17.9 Å². The molecule has 39 heavy (non-hydrogen) atoms. The van der Waals surface area contributed by atoms with Gasteiger partial charge in [0, 0.05) is 23.5 Å². The predicted octanol–water partition coefficient (Wildman–Crippen LogP) is 3.96. The van der Waals surface area contributed by atoms with E-state index >= 15 is 0 Å². The van der Waals surface area contributed by atoms with Crippen molar-refractivity contribution in [1.29, 1.82) is 0 Å². The second kappa shape index (κ2) is 12.8. The molecule has 1 saturated heterocycles. The molecule has 0 bridgehead atoms. The molecule has 1 aliphatic carbocycles. The molecule has 0 aromatic carbocycles.